The first-order chi connectivity index (χ1) is 8.62. The van der Waals surface area contributed by atoms with Crippen LogP contribution in [0.4, 0.5) is 0 Å². The monoisotopic (exact) mass is 298 g/mol. The maximum absolute atomic E-state index is 9.08. The van der Waals surface area contributed by atoms with Crippen LogP contribution in [0.1, 0.15) is 26.7 Å². The van der Waals surface area contributed by atoms with Gasteiger partial charge in [-0.05, 0) is 26.3 Å². The molecule has 1 rings (SSSR count). The van der Waals surface area contributed by atoms with Crippen molar-refractivity contribution >= 4 is 17.6 Å². The van der Waals surface area contributed by atoms with E-state index in [1.165, 1.54) is 0 Å². The minimum Gasteiger partial charge on any atom is -0.420 e. The summed E-state index contributed by atoms with van der Waals surface area (Å²) in [5, 5.41) is 0. The van der Waals surface area contributed by atoms with Crippen molar-refractivity contribution in [2.24, 2.45) is 0 Å². The molecule has 8 heteroatoms. The lowest BCUT2D eigenvalue weighted by molar-refractivity contribution is -0.331. The zero-order valence-corrected chi connectivity index (χ0v) is 13.1. The van der Waals surface area contributed by atoms with Crippen LogP contribution in [0, 0.1) is 0 Å². The maximum atomic E-state index is 9.08. The summed E-state index contributed by atoms with van der Waals surface area (Å²) >= 11 is 0. The standard InChI is InChI=1S/C10H23O6PSi/c1-3-13-10(14-4-2,16-17(11)12)9-18-8-6-5-7-15-18/h11-12,18H,3-9H2,1-2H3. The van der Waals surface area contributed by atoms with E-state index in [4.69, 9.17) is 28.2 Å². The molecule has 0 aromatic carbocycles. The van der Waals surface area contributed by atoms with Crippen LogP contribution in [0.5, 0.6) is 0 Å². The fourth-order valence-corrected chi connectivity index (χ4v) is 5.24. The van der Waals surface area contributed by atoms with Crippen molar-refractivity contribution in [3.05, 3.63) is 0 Å². The van der Waals surface area contributed by atoms with E-state index in [0.29, 0.717) is 19.3 Å². The van der Waals surface area contributed by atoms with Gasteiger partial charge in [0.25, 0.3) is 5.97 Å². The first kappa shape index (κ1) is 16.5. The third-order valence-electron chi connectivity index (χ3n) is 2.70. The van der Waals surface area contributed by atoms with Gasteiger partial charge in [0.05, 0.1) is 0 Å². The summed E-state index contributed by atoms with van der Waals surface area (Å²) in [6.45, 7) is 5.17. The Kier molecular flexibility index (Phi) is 7.82. The highest BCUT2D eigenvalue weighted by Crippen LogP contribution is 2.38. The number of hydrogen-bond acceptors (Lipinski definition) is 6. The predicted molar refractivity (Wildman–Crippen MR) is 70.4 cm³/mol. The summed E-state index contributed by atoms with van der Waals surface area (Å²) < 4.78 is 21.8. The lowest BCUT2D eigenvalue weighted by Crippen LogP contribution is -2.43. The fraction of sp³-hybridized carbons (Fsp3) is 1.00. The molecule has 1 aliphatic heterocycles. The summed E-state index contributed by atoms with van der Waals surface area (Å²) in [6.07, 6.45) is 2.24. The number of hydrogen-bond donors (Lipinski definition) is 2. The van der Waals surface area contributed by atoms with Crippen molar-refractivity contribution in [3.8, 4) is 0 Å². The van der Waals surface area contributed by atoms with Gasteiger partial charge in [-0.2, -0.15) is 0 Å². The summed E-state index contributed by atoms with van der Waals surface area (Å²) in [4.78, 5) is 18.2. The molecule has 0 radical (unpaired) electrons. The van der Waals surface area contributed by atoms with Crippen LogP contribution in [0.2, 0.25) is 12.1 Å². The molecular formula is C10H23O6PSi. The Labute approximate surface area is 111 Å². The van der Waals surface area contributed by atoms with Gasteiger partial charge in [0.2, 0.25) is 0 Å². The van der Waals surface area contributed by atoms with Crippen LogP contribution in [-0.4, -0.2) is 44.6 Å². The van der Waals surface area contributed by atoms with Gasteiger partial charge in [0.1, 0.15) is 0 Å². The highest BCUT2D eigenvalue weighted by Gasteiger charge is 2.40. The summed E-state index contributed by atoms with van der Waals surface area (Å²) in [5.41, 5.74) is 0. The molecule has 1 atom stereocenters. The Bertz CT molecular complexity index is 218. The molecule has 0 saturated carbocycles. The summed E-state index contributed by atoms with van der Waals surface area (Å²) in [7, 11) is -3.98. The van der Waals surface area contributed by atoms with Crippen LogP contribution < -0.4 is 0 Å². The van der Waals surface area contributed by atoms with Gasteiger partial charge >= 0.3 is 8.60 Å². The zero-order valence-electron chi connectivity index (χ0n) is 11.0. The summed E-state index contributed by atoms with van der Waals surface area (Å²) in [6, 6.07) is 1.52. The molecule has 2 N–H and O–H groups in total. The minimum absolute atomic E-state index is 0.379. The van der Waals surface area contributed by atoms with E-state index in [9.17, 15) is 0 Å². The predicted octanol–water partition coefficient (Wildman–Crippen LogP) is 1.48. The Hall–Kier alpha value is 0.407. The molecule has 6 nitrogen and oxygen atoms in total. The highest BCUT2D eigenvalue weighted by atomic mass is 31.2. The van der Waals surface area contributed by atoms with E-state index in [1.54, 1.807) is 0 Å². The van der Waals surface area contributed by atoms with Gasteiger partial charge in [-0.1, -0.05) is 6.42 Å². The second kappa shape index (κ2) is 8.55. The number of ether oxygens (including phenoxy) is 2. The van der Waals surface area contributed by atoms with E-state index in [2.05, 4.69) is 0 Å². The molecule has 0 amide bonds. The topological polar surface area (TPSA) is 77.4 Å². The van der Waals surface area contributed by atoms with Crippen LogP contribution in [-0.2, 0) is 18.4 Å². The van der Waals surface area contributed by atoms with Crippen molar-refractivity contribution in [1.29, 1.82) is 0 Å². The first-order valence-electron chi connectivity index (χ1n) is 6.38. The second-order valence-corrected chi connectivity index (χ2v) is 7.34. The van der Waals surface area contributed by atoms with Crippen molar-refractivity contribution in [3.63, 3.8) is 0 Å². The van der Waals surface area contributed by atoms with E-state index in [1.807, 2.05) is 13.8 Å². The fourth-order valence-electron chi connectivity index (χ4n) is 2.06. The van der Waals surface area contributed by atoms with E-state index in [-0.39, 0.29) is 0 Å². The quantitative estimate of drug-likeness (QED) is 0.401. The smallest absolute Gasteiger partial charge is 0.331 e. The van der Waals surface area contributed by atoms with Crippen LogP contribution in [0.3, 0.4) is 0 Å². The Balaban J connectivity index is 2.65. The molecule has 0 bridgehead atoms. The largest absolute Gasteiger partial charge is 0.420 e. The van der Waals surface area contributed by atoms with Gasteiger partial charge in [-0.25, -0.2) is 0 Å². The van der Waals surface area contributed by atoms with Crippen molar-refractivity contribution in [2.45, 2.75) is 44.8 Å². The molecule has 0 aromatic rings. The lowest BCUT2D eigenvalue weighted by atomic mass is 10.4. The molecule has 1 aliphatic rings. The molecular weight excluding hydrogens is 275 g/mol. The van der Waals surface area contributed by atoms with E-state index in [0.717, 1.165) is 25.5 Å². The highest BCUT2D eigenvalue weighted by molar-refractivity contribution is 7.39. The average molecular weight is 298 g/mol. The van der Waals surface area contributed by atoms with Crippen molar-refractivity contribution in [1.82, 2.24) is 0 Å². The van der Waals surface area contributed by atoms with Crippen LogP contribution >= 0.6 is 8.60 Å². The number of rotatable bonds is 8. The second-order valence-electron chi connectivity index (χ2n) is 4.09. The van der Waals surface area contributed by atoms with Crippen molar-refractivity contribution in [2.75, 3.05) is 19.8 Å². The Morgan fingerprint density at radius 3 is 2.33 bits per heavy atom. The first-order valence-corrected chi connectivity index (χ1v) is 9.65. The van der Waals surface area contributed by atoms with Crippen LogP contribution in [0.15, 0.2) is 0 Å². The van der Waals surface area contributed by atoms with E-state index < -0.39 is 23.6 Å². The summed E-state index contributed by atoms with van der Waals surface area (Å²) in [5.74, 6) is -1.35. The van der Waals surface area contributed by atoms with Crippen LogP contribution in [0.25, 0.3) is 0 Å². The van der Waals surface area contributed by atoms with Gasteiger partial charge in [0, 0.05) is 25.9 Å². The molecule has 0 aromatic heterocycles. The van der Waals surface area contributed by atoms with Gasteiger partial charge in [-0.3, -0.25) is 4.52 Å². The van der Waals surface area contributed by atoms with Gasteiger partial charge < -0.3 is 23.7 Å². The SMILES string of the molecule is CCOC(C[SiH]1CCCCO1)(OCC)OP(O)O. The Morgan fingerprint density at radius 1 is 1.22 bits per heavy atom. The van der Waals surface area contributed by atoms with Crippen molar-refractivity contribution < 1.29 is 28.2 Å². The minimum atomic E-state index is -2.52. The van der Waals surface area contributed by atoms with E-state index >= 15 is 0 Å². The molecule has 108 valence electrons. The Morgan fingerprint density at radius 2 is 1.89 bits per heavy atom. The van der Waals surface area contributed by atoms with Gasteiger partial charge in [0.15, 0.2) is 9.04 Å². The third kappa shape index (κ3) is 5.58. The molecule has 0 spiro atoms. The molecule has 1 heterocycles. The molecule has 1 saturated heterocycles. The molecule has 18 heavy (non-hydrogen) atoms. The lowest BCUT2D eigenvalue weighted by Gasteiger charge is -2.35. The third-order valence-corrected chi connectivity index (χ3v) is 5.86. The zero-order chi connectivity index (χ0) is 13.4. The normalized spacial score (nSPS) is 21.5. The molecule has 1 fully saturated rings. The maximum Gasteiger partial charge on any atom is 0.331 e. The average Bonchev–Trinajstić information content (AvgIpc) is 2.29. The molecule has 1 unspecified atom stereocenters. The van der Waals surface area contributed by atoms with Gasteiger partial charge in [-0.15, -0.1) is 0 Å². The molecule has 0 aliphatic carbocycles.